The van der Waals surface area contributed by atoms with Gasteiger partial charge >= 0.3 is 0 Å². The molecule has 9 heavy (non-hydrogen) atoms. The molecule has 0 aromatic carbocycles. The van der Waals surface area contributed by atoms with Gasteiger partial charge in [-0.25, -0.2) is 0 Å². The molecule has 5 heteroatoms. The first-order valence-corrected chi connectivity index (χ1v) is 3.49. The van der Waals surface area contributed by atoms with Gasteiger partial charge in [0, 0.05) is 6.42 Å². The summed E-state index contributed by atoms with van der Waals surface area (Å²) in [5.41, 5.74) is 0. The van der Waals surface area contributed by atoms with E-state index in [0.717, 1.165) is 18.7 Å². The Kier molecular flexibility index (Phi) is 2.16. The van der Waals surface area contributed by atoms with Crippen LogP contribution in [0.3, 0.4) is 0 Å². The smallest absolute Gasteiger partial charge is 0.125 e. The first-order valence-electron chi connectivity index (χ1n) is 2.78. The molecule has 0 fully saturated rings. The third-order valence-corrected chi connectivity index (χ3v) is 1.21. The van der Waals surface area contributed by atoms with E-state index in [4.69, 9.17) is 0 Å². The van der Waals surface area contributed by atoms with Crippen molar-refractivity contribution in [3.8, 4) is 0 Å². The van der Waals surface area contributed by atoms with Crippen molar-refractivity contribution in [3.05, 3.63) is 5.82 Å². The Balaban J connectivity index is 2.61. The first-order chi connectivity index (χ1) is 4.33. The van der Waals surface area contributed by atoms with Crippen LogP contribution in [0.25, 0.3) is 0 Å². The predicted octanol–water partition coefficient (Wildman–Crippen LogP) is 0.784. The topological polar surface area (TPSA) is 43.6 Å². The number of aryl methyl sites for hydroxylation is 1. The molecule has 4 nitrogen and oxygen atoms in total. The van der Waals surface area contributed by atoms with Crippen molar-refractivity contribution in [3.63, 3.8) is 0 Å². The Bertz CT molecular complexity index is 184. The van der Waals surface area contributed by atoms with Crippen molar-refractivity contribution in [2.24, 2.45) is 0 Å². The summed E-state index contributed by atoms with van der Waals surface area (Å²) < 4.78 is 1.29. The molecule has 0 aliphatic carbocycles. The number of hydrogen-bond acceptors (Lipinski definition) is 3. The van der Waals surface area contributed by atoms with Crippen LogP contribution in [0, 0.1) is 0 Å². The van der Waals surface area contributed by atoms with Crippen molar-refractivity contribution >= 4 is 16.1 Å². The first kappa shape index (κ1) is 6.67. The molecule has 0 radical (unpaired) electrons. The molecule has 0 atom stereocenters. The second kappa shape index (κ2) is 2.91. The molecular weight excluding hydrogens is 184 g/mol. The van der Waals surface area contributed by atoms with Gasteiger partial charge in [-0.15, -0.1) is 10.2 Å². The summed E-state index contributed by atoms with van der Waals surface area (Å²) in [5, 5.41) is 11.3. The second-order valence-electron chi connectivity index (χ2n) is 1.70. The molecule has 1 aromatic heterocycles. The largest absolute Gasteiger partial charge is 0.175 e. The normalized spacial score (nSPS) is 10.0. The fourth-order valence-corrected chi connectivity index (χ4v) is 0.801. The number of aromatic nitrogens is 4. The summed E-state index contributed by atoms with van der Waals surface area (Å²) in [4.78, 5) is 0. The van der Waals surface area contributed by atoms with Crippen LogP contribution in [0.4, 0.5) is 0 Å². The van der Waals surface area contributed by atoms with Crippen LogP contribution in [0.1, 0.15) is 19.2 Å². The van der Waals surface area contributed by atoms with Gasteiger partial charge in [0.15, 0.2) is 5.82 Å². The minimum atomic E-state index is 0.786. The van der Waals surface area contributed by atoms with E-state index in [2.05, 4.69) is 38.5 Å². The zero-order chi connectivity index (χ0) is 6.69. The highest BCUT2D eigenvalue weighted by Crippen LogP contribution is 1.92. The quantitative estimate of drug-likeness (QED) is 0.693. The summed E-state index contributed by atoms with van der Waals surface area (Å²) >= 11 is 3.03. The maximum absolute atomic E-state index is 3.91. The van der Waals surface area contributed by atoms with Crippen LogP contribution in [0.15, 0.2) is 0 Å². The van der Waals surface area contributed by atoms with Crippen molar-refractivity contribution < 1.29 is 0 Å². The number of tetrazole rings is 1. The minimum absolute atomic E-state index is 0.786. The Morgan fingerprint density at radius 1 is 1.67 bits per heavy atom. The molecule has 0 unspecified atom stereocenters. The van der Waals surface area contributed by atoms with Crippen LogP contribution in [-0.2, 0) is 6.42 Å². The van der Waals surface area contributed by atoms with Crippen LogP contribution in [0.2, 0.25) is 0 Å². The molecular formula is C4H7BrN4. The van der Waals surface area contributed by atoms with E-state index in [0.29, 0.717) is 0 Å². The van der Waals surface area contributed by atoms with Crippen LogP contribution in [0.5, 0.6) is 0 Å². The molecule has 0 N–H and O–H groups in total. The molecule has 0 amide bonds. The lowest BCUT2D eigenvalue weighted by atomic mass is 10.3. The van der Waals surface area contributed by atoms with Gasteiger partial charge in [0.1, 0.15) is 16.1 Å². The van der Waals surface area contributed by atoms with Crippen molar-refractivity contribution in [2.75, 3.05) is 0 Å². The zero-order valence-corrected chi connectivity index (χ0v) is 6.67. The van der Waals surface area contributed by atoms with Crippen LogP contribution >= 0.6 is 16.1 Å². The van der Waals surface area contributed by atoms with Crippen LogP contribution < -0.4 is 0 Å². The molecule has 0 saturated heterocycles. The lowest BCUT2D eigenvalue weighted by molar-refractivity contribution is 0.828. The van der Waals surface area contributed by atoms with E-state index < -0.39 is 0 Å². The maximum Gasteiger partial charge on any atom is 0.175 e. The molecule has 1 rings (SSSR count). The summed E-state index contributed by atoms with van der Waals surface area (Å²) in [6.45, 7) is 2.08. The molecule has 0 aliphatic rings. The van der Waals surface area contributed by atoms with Gasteiger partial charge in [-0.05, 0) is 11.6 Å². The van der Waals surface area contributed by atoms with Crippen molar-refractivity contribution in [2.45, 2.75) is 19.8 Å². The second-order valence-corrected chi connectivity index (χ2v) is 2.33. The van der Waals surface area contributed by atoms with E-state index in [1.807, 2.05) is 0 Å². The third-order valence-electron chi connectivity index (χ3n) is 0.906. The monoisotopic (exact) mass is 190 g/mol. The van der Waals surface area contributed by atoms with E-state index in [1.54, 1.807) is 0 Å². The van der Waals surface area contributed by atoms with Gasteiger partial charge in [-0.1, -0.05) is 10.7 Å². The number of nitrogens with zero attached hydrogens (tertiary/aromatic N) is 4. The molecule has 1 aromatic rings. The summed E-state index contributed by atoms with van der Waals surface area (Å²) in [7, 11) is 0. The van der Waals surface area contributed by atoms with Crippen LogP contribution in [-0.4, -0.2) is 19.2 Å². The summed E-state index contributed by atoms with van der Waals surface area (Å²) in [6, 6.07) is 0. The fourth-order valence-electron chi connectivity index (χ4n) is 0.547. The third kappa shape index (κ3) is 1.74. The standard InChI is InChI=1S/C4H7BrN4/c1-2-3-4-6-8-9(5)7-4/h2-3H2,1H3. The van der Waals surface area contributed by atoms with E-state index >= 15 is 0 Å². The zero-order valence-electron chi connectivity index (χ0n) is 5.08. The Labute approximate surface area is 61.6 Å². The highest BCUT2D eigenvalue weighted by Gasteiger charge is 1.96. The highest BCUT2D eigenvalue weighted by atomic mass is 79.9. The van der Waals surface area contributed by atoms with Gasteiger partial charge in [0.05, 0.1) is 0 Å². The average Bonchev–Trinajstić information content (AvgIpc) is 2.17. The average molecular weight is 191 g/mol. The summed E-state index contributed by atoms with van der Waals surface area (Å²) in [6.07, 6.45) is 1.95. The Morgan fingerprint density at radius 3 is 2.89 bits per heavy atom. The predicted molar refractivity (Wildman–Crippen MR) is 36.1 cm³/mol. The number of halogens is 1. The molecule has 0 bridgehead atoms. The van der Waals surface area contributed by atoms with Gasteiger partial charge in [0.2, 0.25) is 0 Å². The number of rotatable bonds is 2. The fraction of sp³-hybridized carbons (Fsp3) is 0.750. The highest BCUT2D eigenvalue weighted by molar-refractivity contribution is 9.08. The van der Waals surface area contributed by atoms with E-state index in [9.17, 15) is 0 Å². The lowest BCUT2D eigenvalue weighted by Crippen LogP contribution is -1.86. The Hall–Kier alpha value is -0.450. The maximum atomic E-state index is 3.91. The van der Waals surface area contributed by atoms with Crippen molar-refractivity contribution in [1.82, 2.24) is 19.2 Å². The van der Waals surface area contributed by atoms with Gasteiger partial charge in [-0.3, -0.25) is 0 Å². The Morgan fingerprint density at radius 2 is 2.44 bits per heavy atom. The minimum Gasteiger partial charge on any atom is -0.125 e. The summed E-state index contributed by atoms with van der Waals surface area (Å²) in [5.74, 6) is 0.786. The van der Waals surface area contributed by atoms with Gasteiger partial charge < -0.3 is 0 Å². The molecule has 0 spiro atoms. The molecule has 50 valence electrons. The molecule has 0 aliphatic heterocycles. The molecule has 1 heterocycles. The van der Waals surface area contributed by atoms with Gasteiger partial charge in [0.25, 0.3) is 0 Å². The SMILES string of the molecule is CCCc1nnn(Br)n1. The van der Waals surface area contributed by atoms with Crippen molar-refractivity contribution in [1.29, 1.82) is 0 Å². The van der Waals surface area contributed by atoms with Gasteiger partial charge in [-0.2, -0.15) is 0 Å². The molecule has 0 saturated carbocycles. The van der Waals surface area contributed by atoms with E-state index in [1.165, 1.54) is 3.82 Å². The van der Waals surface area contributed by atoms with E-state index in [-0.39, 0.29) is 0 Å². The number of hydrogen-bond donors (Lipinski definition) is 0. The lowest BCUT2D eigenvalue weighted by Gasteiger charge is -1.81.